The molecule has 0 saturated heterocycles. The minimum Gasteiger partial charge on any atom is -0.312 e. The van der Waals surface area contributed by atoms with E-state index in [-0.39, 0.29) is 24.8 Å². The van der Waals surface area contributed by atoms with Gasteiger partial charge in [0.15, 0.2) is 0 Å². The fourth-order valence-electron chi connectivity index (χ4n) is 2.58. The van der Waals surface area contributed by atoms with Crippen molar-refractivity contribution < 1.29 is 8.78 Å². The van der Waals surface area contributed by atoms with Crippen molar-refractivity contribution in [2.75, 3.05) is 7.05 Å². The van der Waals surface area contributed by atoms with Gasteiger partial charge in [0.1, 0.15) is 0 Å². The van der Waals surface area contributed by atoms with Gasteiger partial charge in [-0.3, -0.25) is 0 Å². The maximum absolute atomic E-state index is 13.1. The van der Waals surface area contributed by atoms with Crippen LogP contribution in [0.3, 0.4) is 0 Å². The second-order valence-electron chi connectivity index (χ2n) is 4.84. The van der Waals surface area contributed by atoms with Crippen LogP contribution in [0.1, 0.15) is 42.3 Å². The van der Waals surface area contributed by atoms with Crippen LogP contribution in [0.5, 0.6) is 0 Å². The Bertz CT molecular complexity index is 378. The first kappa shape index (κ1) is 12.9. The molecule has 1 fully saturated rings. The van der Waals surface area contributed by atoms with E-state index in [4.69, 9.17) is 0 Å². The van der Waals surface area contributed by atoms with Crippen molar-refractivity contribution in [3.05, 3.63) is 16.1 Å². The Labute approximate surface area is 104 Å². The molecule has 1 aromatic heterocycles. The first-order valence-electron chi connectivity index (χ1n) is 5.97. The van der Waals surface area contributed by atoms with Gasteiger partial charge in [0.05, 0.1) is 11.2 Å². The van der Waals surface area contributed by atoms with E-state index in [9.17, 15) is 8.78 Å². The average Bonchev–Trinajstić information content (AvgIpc) is 2.81. The number of hydrogen-bond donors (Lipinski definition) is 1. The Morgan fingerprint density at radius 2 is 2.41 bits per heavy atom. The topological polar surface area (TPSA) is 24.9 Å². The predicted octanol–water partition coefficient (Wildman–Crippen LogP) is 3.54. The molecule has 0 aliphatic heterocycles. The fraction of sp³-hybridized carbons (Fsp3) is 0.750. The summed E-state index contributed by atoms with van der Waals surface area (Å²) in [5, 5.41) is 3.23. The summed E-state index contributed by atoms with van der Waals surface area (Å²) in [6.07, 6.45) is 1.52. The second-order valence-corrected chi connectivity index (χ2v) is 5.73. The molecule has 1 N–H and O–H groups in total. The number of halogens is 2. The molecule has 2 nitrogen and oxygen atoms in total. The van der Waals surface area contributed by atoms with Crippen molar-refractivity contribution in [3.63, 3.8) is 0 Å². The van der Waals surface area contributed by atoms with Gasteiger partial charge >= 0.3 is 0 Å². The molecule has 1 aliphatic carbocycles. The van der Waals surface area contributed by atoms with Gasteiger partial charge in [0.2, 0.25) is 5.92 Å². The molecule has 2 atom stereocenters. The van der Waals surface area contributed by atoms with Gasteiger partial charge in [0, 0.05) is 23.8 Å². The molecule has 0 aromatic carbocycles. The van der Waals surface area contributed by atoms with Crippen LogP contribution in [0.15, 0.2) is 5.51 Å². The van der Waals surface area contributed by atoms with E-state index in [1.54, 1.807) is 11.3 Å². The molecule has 0 radical (unpaired) electrons. The number of aromatic nitrogens is 1. The van der Waals surface area contributed by atoms with Crippen molar-refractivity contribution in [1.82, 2.24) is 10.3 Å². The van der Waals surface area contributed by atoms with Crippen LogP contribution in [0, 0.1) is 12.8 Å². The second kappa shape index (κ2) is 4.98. The van der Waals surface area contributed by atoms with Crippen LogP contribution in [-0.2, 0) is 0 Å². The van der Waals surface area contributed by atoms with Gasteiger partial charge < -0.3 is 5.32 Å². The molecule has 1 heterocycles. The minimum absolute atomic E-state index is 0.0447. The van der Waals surface area contributed by atoms with E-state index in [2.05, 4.69) is 10.3 Å². The number of alkyl halides is 2. The number of nitrogens with zero attached hydrogens (tertiary/aromatic N) is 1. The van der Waals surface area contributed by atoms with E-state index in [0.717, 1.165) is 12.1 Å². The Morgan fingerprint density at radius 1 is 1.65 bits per heavy atom. The van der Waals surface area contributed by atoms with Crippen LogP contribution in [-0.4, -0.2) is 18.0 Å². The highest BCUT2D eigenvalue weighted by Crippen LogP contribution is 2.42. The summed E-state index contributed by atoms with van der Waals surface area (Å²) in [7, 11) is 1.89. The molecule has 5 heteroatoms. The van der Waals surface area contributed by atoms with Crippen molar-refractivity contribution in [3.8, 4) is 0 Å². The maximum atomic E-state index is 13.1. The third-order valence-corrected chi connectivity index (χ3v) is 4.57. The minimum atomic E-state index is -2.44. The van der Waals surface area contributed by atoms with E-state index in [1.807, 2.05) is 19.5 Å². The highest BCUT2D eigenvalue weighted by molar-refractivity contribution is 7.09. The number of nitrogens with one attached hydrogen (secondary N) is 1. The normalized spacial score (nSPS) is 25.1. The van der Waals surface area contributed by atoms with Crippen molar-refractivity contribution >= 4 is 11.3 Å². The summed E-state index contributed by atoms with van der Waals surface area (Å²) in [6.45, 7) is 1.97. The van der Waals surface area contributed by atoms with E-state index >= 15 is 0 Å². The van der Waals surface area contributed by atoms with Crippen LogP contribution in [0.2, 0.25) is 0 Å². The van der Waals surface area contributed by atoms with E-state index < -0.39 is 5.92 Å². The lowest BCUT2D eigenvalue weighted by molar-refractivity contribution is 0.00435. The van der Waals surface area contributed by atoms with Crippen LogP contribution >= 0.6 is 11.3 Å². The van der Waals surface area contributed by atoms with Crippen molar-refractivity contribution in [2.45, 2.75) is 44.6 Å². The quantitative estimate of drug-likeness (QED) is 0.895. The van der Waals surface area contributed by atoms with Gasteiger partial charge in [-0.1, -0.05) is 0 Å². The molecule has 1 saturated carbocycles. The molecule has 0 spiro atoms. The third kappa shape index (κ3) is 3.01. The zero-order valence-electron chi connectivity index (χ0n) is 10.2. The number of rotatable bonds is 4. The lowest BCUT2D eigenvalue weighted by Gasteiger charge is -2.19. The van der Waals surface area contributed by atoms with Crippen LogP contribution < -0.4 is 5.32 Å². The Balaban J connectivity index is 2.00. The molecular weight excluding hydrogens is 242 g/mol. The van der Waals surface area contributed by atoms with Gasteiger partial charge in [-0.2, -0.15) is 0 Å². The third-order valence-electron chi connectivity index (χ3n) is 3.52. The van der Waals surface area contributed by atoms with Crippen LogP contribution in [0.4, 0.5) is 8.78 Å². The van der Waals surface area contributed by atoms with Gasteiger partial charge in [-0.05, 0) is 32.7 Å². The zero-order chi connectivity index (χ0) is 12.5. The van der Waals surface area contributed by atoms with E-state index in [1.165, 1.54) is 4.88 Å². The largest absolute Gasteiger partial charge is 0.312 e. The highest BCUT2D eigenvalue weighted by Gasteiger charge is 2.40. The summed E-state index contributed by atoms with van der Waals surface area (Å²) in [5.74, 6) is -2.31. The Hall–Kier alpha value is -0.550. The van der Waals surface area contributed by atoms with Crippen molar-refractivity contribution in [2.24, 2.45) is 5.92 Å². The summed E-state index contributed by atoms with van der Waals surface area (Å²) < 4.78 is 26.3. The fourth-order valence-corrected chi connectivity index (χ4v) is 3.50. The molecule has 17 heavy (non-hydrogen) atoms. The lowest BCUT2D eigenvalue weighted by atomic mass is 9.97. The molecule has 1 aromatic rings. The first-order valence-corrected chi connectivity index (χ1v) is 6.85. The number of thiazole rings is 1. The van der Waals surface area contributed by atoms with E-state index in [0.29, 0.717) is 6.42 Å². The average molecular weight is 260 g/mol. The van der Waals surface area contributed by atoms with Gasteiger partial charge in [-0.25, -0.2) is 13.8 Å². The van der Waals surface area contributed by atoms with Gasteiger partial charge in [0.25, 0.3) is 0 Å². The number of hydrogen-bond acceptors (Lipinski definition) is 3. The Kier molecular flexibility index (Phi) is 3.78. The SMILES string of the molecule is CNC(CC1CCC(F)(F)C1)c1scnc1C. The maximum Gasteiger partial charge on any atom is 0.248 e. The lowest BCUT2D eigenvalue weighted by Crippen LogP contribution is -2.20. The molecular formula is C12H18F2N2S. The molecule has 0 bridgehead atoms. The van der Waals surface area contributed by atoms with Crippen molar-refractivity contribution in [1.29, 1.82) is 0 Å². The Morgan fingerprint density at radius 3 is 2.88 bits per heavy atom. The molecule has 2 rings (SSSR count). The van der Waals surface area contributed by atoms with Gasteiger partial charge in [-0.15, -0.1) is 11.3 Å². The summed E-state index contributed by atoms with van der Waals surface area (Å²) in [4.78, 5) is 5.40. The molecule has 0 amide bonds. The summed E-state index contributed by atoms with van der Waals surface area (Å²) in [6, 6.07) is 0.168. The first-order chi connectivity index (χ1) is 8.02. The summed E-state index contributed by atoms with van der Waals surface area (Å²) >= 11 is 1.60. The number of aryl methyl sites for hydroxylation is 1. The predicted molar refractivity (Wildman–Crippen MR) is 65.6 cm³/mol. The summed E-state index contributed by atoms with van der Waals surface area (Å²) in [5.41, 5.74) is 2.83. The highest BCUT2D eigenvalue weighted by atomic mass is 32.1. The zero-order valence-corrected chi connectivity index (χ0v) is 11.0. The standard InChI is InChI=1S/C12H18F2N2S/c1-8-11(17-7-16-8)10(15-2)5-9-3-4-12(13,14)6-9/h7,9-10,15H,3-6H2,1-2H3. The smallest absolute Gasteiger partial charge is 0.248 e. The monoisotopic (exact) mass is 260 g/mol. The molecule has 96 valence electrons. The molecule has 2 unspecified atom stereocenters. The van der Waals surface area contributed by atoms with Crippen LogP contribution in [0.25, 0.3) is 0 Å². The molecule has 1 aliphatic rings.